The van der Waals surface area contributed by atoms with E-state index >= 15 is 0 Å². The van der Waals surface area contributed by atoms with Crippen LogP contribution in [0.4, 0.5) is 23.7 Å². The van der Waals surface area contributed by atoms with E-state index in [9.17, 15) is 23.1 Å². The average Bonchev–Trinajstić information content (AvgIpc) is 2.64. The summed E-state index contributed by atoms with van der Waals surface area (Å²) in [5, 5.41) is 16.0. The molecule has 2 rings (SSSR count). The summed E-state index contributed by atoms with van der Waals surface area (Å²) in [6, 6.07) is -0.527. The van der Waals surface area contributed by atoms with Gasteiger partial charge in [-0.2, -0.15) is 13.2 Å². The molecule has 2 amide bonds. The molecule has 1 atom stereocenters. The van der Waals surface area contributed by atoms with Gasteiger partial charge < -0.3 is 19.8 Å². The highest BCUT2D eigenvalue weighted by Gasteiger charge is 2.53. The lowest BCUT2D eigenvalue weighted by molar-refractivity contribution is -0.263. The molecule has 1 fully saturated rings. The van der Waals surface area contributed by atoms with Crippen molar-refractivity contribution in [3.63, 3.8) is 0 Å². The quantitative estimate of drug-likeness (QED) is 0.833. The summed E-state index contributed by atoms with van der Waals surface area (Å²) in [6.45, 7) is 3.25. The van der Waals surface area contributed by atoms with Crippen LogP contribution in [0.1, 0.15) is 30.7 Å². The first-order valence-electron chi connectivity index (χ1n) is 6.92. The molecule has 1 unspecified atom stereocenters. The lowest BCUT2D eigenvalue weighted by Crippen LogP contribution is -2.46. The SMILES string of the molecule is Cc1noc(C)c1NC(=O)N1CCCC(O)(C(F)(F)F)CC1. The number of hydrogen-bond acceptors (Lipinski definition) is 4. The van der Waals surface area contributed by atoms with Crippen molar-refractivity contribution >= 4 is 11.7 Å². The minimum absolute atomic E-state index is 0.0744. The molecule has 0 radical (unpaired) electrons. The highest BCUT2D eigenvalue weighted by Crippen LogP contribution is 2.38. The molecule has 6 nitrogen and oxygen atoms in total. The minimum Gasteiger partial charge on any atom is -0.380 e. The van der Waals surface area contributed by atoms with Crippen molar-refractivity contribution < 1.29 is 27.6 Å². The first-order chi connectivity index (χ1) is 10.1. The van der Waals surface area contributed by atoms with Gasteiger partial charge in [-0.1, -0.05) is 5.16 Å². The molecule has 0 aliphatic carbocycles. The van der Waals surface area contributed by atoms with E-state index < -0.39 is 30.7 Å². The molecule has 2 N–H and O–H groups in total. The van der Waals surface area contributed by atoms with E-state index in [0.29, 0.717) is 17.1 Å². The summed E-state index contributed by atoms with van der Waals surface area (Å²) in [7, 11) is 0. The van der Waals surface area contributed by atoms with Gasteiger partial charge in [-0.25, -0.2) is 4.79 Å². The van der Waals surface area contributed by atoms with E-state index in [1.165, 1.54) is 4.90 Å². The molecule has 0 spiro atoms. The van der Waals surface area contributed by atoms with Gasteiger partial charge in [-0.15, -0.1) is 0 Å². The topological polar surface area (TPSA) is 78.6 Å². The Morgan fingerprint density at radius 3 is 2.59 bits per heavy atom. The molecule has 0 bridgehead atoms. The Hall–Kier alpha value is -1.77. The monoisotopic (exact) mass is 321 g/mol. The van der Waals surface area contributed by atoms with Crippen molar-refractivity contribution in [2.24, 2.45) is 0 Å². The third-order valence-corrected chi connectivity index (χ3v) is 3.89. The van der Waals surface area contributed by atoms with E-state index in [2.05, 4.69) is 10.5 Å². The molecule has 0 aromatic carbocycles. The number of halogens is 3. The van der Waals surface area contributed by atoms with Crippen molar-refractivity contribution in [2.45, 2.75) is 44.9 Å². The first-order valence-corrected chi connectivity index (χ1v) is 6.92. The molecule has 1 aromatic rings. The molecule has 1 saturated heterocycles. The van der Waals surface area contributed by atoms with Crippen LogP contribution in [0, 0.1) is 13.8 Å². The van der Waals surface area contributed by atoms with Crippen LogP contribution in [0.3, 0.4) is 0 Å². The zero-order chi connectivity index (χ0) is 16.5. The number of carbonyl (C=O) groups excluding carboxylic acids is 1. The van der Waals surface area contributed by atoms with Gasteiger partial charge in [-0.3, -0.25) is 0 Å². The van der Waals surface area contributed by atoms with Gasteiger partial charge in [0, 0.05) is 19.5 Å². The van der Waals surface area contributed by atoms with Crippen LogP contribution in [0.2, 0.25) is 0 Å². The number of aromatic nitrogens is 1. The fraction of sp³-hybridized carbons (Fsp3) is 0.692. The number of anilines is 1. The number of likely N-dealkylation sites (tertiary alicyclic amines) is 1. The van der Waals surface area contributed by atoms with E-state index in [1.54, 1.807) is 13.8 Å². The number of urea groups is 1. The predicted octanol–water partition coefficient (Wildman–Crippen LogP) is 2.60. The highest BCUT2D eigenvalue weighted by molar-refractivity contribution is 5.90. The Kier molecular flexibility index (Phi) is 4.37. The number of amides is 2. The molecule has 22 heavy (non-hydrogen) atoms. The third-order valence-electron chi connectivity index (χ3n) is 3.89. The first kappa shape index (κ1) is 16.6. The molecular formula is C13H18F3N3O3. The zero-order valence-corrected chi connectivity index (χ0v) is 12.3. The zero-order valence-electron chi connectivity index (χ0n) is 12.3. The second-order valence-corrected chi connectivity index (χ2v) is 5.50. The van der Waals surface area contributed by atoms with Crippen LogP contribution < -0.4 is 5.32 Å². The number of aryl methyl sites for hydroxylation is 2. The summed E-state index contributed by atoms with van der Waals surface area (Å²) in [6.07, 6.45) is -5.57. The maximum atomic E-state index is 12.9. The third kappa shape index (κ3) is 3.18. The van der Waals surface area contributed by atoms with Gasteiger partial charge in [-0.05, 0) is 26.7 Å². The molecule has 0 saturated carbocycles. The maximum absolute atomic E-state index is 12.9. The minimum atomic E-state index is -4.69. The van der Waals surface area contributed by atoms with Crippen molar-refractivity contribution in [1.29, 1.82) is 0 Å². The standard InChI is InChI=1S/C13H18F3N3O3/c1-8-10(9(2)22-18-8)17-11(20)19-6-3-4-12(21,5-7-19)13(14,15)16/h21H,3-7H2,1-2H3,(H,17,20). The number of carbonyl (C=O) groups is 1. The van der Waals surface area contributed by atoms with Crippen molar-refractivity contribution in [1.82, 2.24) is 10.1 Å². The van der Waals surface area contributed by atoms with E-state index in [1.807, 2.05) is 0 Å². The second kappa shape index (κ2) is 5.79. The van der Waals surface area contributed by atoms with Gasteiger partial charge in [0.05, 0.1) is 0 Å². The van der Waals surface area contributed by atoms with Gasteiger partial charge in [0.2, 0.25) is 0 Å². The summed E-state index contributed by atoms with van der Waals surface area (Å²) < 4.78 is 43.5. The van der Waals surface area contributed by atoms with Crippen molar-refractivity contribution in [2.75, 3.05) is 18.4 Å². The number of nitrogens with one attached hydrogen (secondary N) is 1. The number of hydrogen-bond donors (Lipinski definition) is 2. The lowest BCUT2D eigenvalue weighted by Gasteiger charge is -2.29. The molecule has 1 aromatic heterocycles. The predicted molar refractivity (Wildman–Crippen MR) is 71.4 cm³/mol. The van der Waals surface area contributed by atoms with Crippen LogP contribution in [0.5, 0.6) is 0 Å². The Balaban J connectivity index is 2.04. The van der Waals surface area contributed by atoms with Gasteiger partial charge in [0.15, 0.2) is 11.4 Å². The van der Waals surface area contributed by atoms with E-state index in [-0.39, 0.29) is 19.5 Å². The summed E-state index contributed by atoms with van der Waals surface area (Å²) in [5.74, 6) is 0.424. The Labute approximate surface area is 125 Å². The van der Waals surface area contributed by atoms with Crippen molar-refractivity contribution in [3.05, 3.63) is 11.5 Å². The van der Waals surface area contributed by atoms with Gasteiger partial charge in [0.1, 0.15) is 11.4 Å². The number of rotatable bonds is 1. The molecule has 9 heteroatoms. The highest BCUT2D eigenvalue weighted by atomic mass is 19.4. The van der Waals surface area contributed by atoms with Crippen LogP contribution in [0.15, 0.2) is 4.52 Å². The van der Waals surface area contributed by atoms with Gasteiger partial charge >= 0.3 is 12.2 Å². The Morgan fingerprint density at radius 1 is 1.36 bits per heavy atom. The summed E-state index contributed by atoms with van der Waals surface area (Å²) >= 11 is 0. The number of nitrogens with zero attached hydrogens (tertiary/aromatic N) is 2. The summed E-state index contributed by atoms with van der Waals surface area (Å²) in [5.41, 5.74) is -1.82. The Bertz CT molecular complexity index is 539. The smallest absolute Gasteiger partial charge is 0.380 e. The average molecular weight is 321 g/mol. The molecule has 2 heterocycles. The van der Waals surface area contributed by atoms with Gasteiger partial charge in [0.25, 0.3) is 0 Å². The van der Waals surface area contributed by atoms with Crippen molar-refractivity contribution in [3.8, 4) is 0 Å². The van der Waals surface area contributed by atoms with Crippen LogP contribution in [0.25, 0.3) is 0 Å². The number of aliphatic hydroxyl groups is 1. The van der Waals surface area contributed by atoms with E-state index in [4.69, 9.17) is 4.52 Å². The largest absolute Gasteiger partial charge is 0.417 e. The molecule has 1 aliphatic heterocycles. The molecule has 1 aliphatic rings. The Morgan fingerprint density at radius 2 is 2.05 bits per heavy atom. The van der Waals surface area contributed by atoms with E-state index in [0.717, 1.165) is 0 Å². The molecular weight excluding hydrogens is 303 g/mol. The maximum Gasteiger partial charge on any atom is 0.417 e. The summed E-state index contributed by atoms with van der Waals surface area (Å²) in [4.78, 5) is 13.4. The van der Waals surface area contributed by atoms with Crippen LogP contribution in [-0.4, -0.2) is 46.1 Å². The fourth-order valence-corrected chi connectivity index (χ4v) is 2.45. The normalized spacial score (nSPS) is 23.3. The lowest BCUT2D eigenvalue weighted by atomic mass is 9.94. The number of alkyl halides is 3. The van der Waals surface area contributed by atoms with Crippen LogP contribution >= 0.6 is 0 Å². The van der Waals surface area contributed by atoms with Crippen LogP contribution in [-0.2, 0) is 0 Å². The second-order valence-electron chi connectivity index (χ2n) is 5.50. The molecule has 124 valence electrons. The fourth-order valence-electron chi connectivity index (χ4n) is 2.45.